The maximum Gasteiger partial charge on any atom is 0.321 e. The second-order valence-corrected chi connectivity index (χ2v) is 4.73. The van der Waals surface area contributed by atoms with E-state index in [2.05, 4.69) is 5.16 Å². The summed E-state index contributed by atoms with van der Waals surface area (Å²) < 4.78 is 10.5. The molecule has 5 nitrogen and oxygen atoms in total. The number of fused-ring (bicyclic) bond motifs is 1. The van der Waals surface area contributed by atoms with Crippen molar-refractivity contribution < 1.29 is 19.1 Å². The van der Waals surface area contributed by atoms with Gasteiger partial charge in [0.1, 0.15) is 11.6 Å². The zero-order chi connectivity index (χ0) is 13.4. The quantitative estimate of drug-likeness (QED) is 0.795. The molecule has 1 saturated heterocycles. The lowest BCUT2D eigenvalue weighted by Crippen LogP contribution is -2.30. The highest BCUT2D eigenvalue weighted by atomic mass is 35.5. The zero-order valence-corrected chi connectivity index (χ0v) is 11.0. The summed E-state index contributed by atoms with van der Waals surface area (Å²) in [7, 11) is 0. The van der Waals surface area contributed by atoms with Gasteiger partial charge in [0.15, 0.2) is 0 Å². The molecule has 0 amide bonds. The highest BCUT2D eigenvalue weighted by Crippen LogP contribution is 2.34. The predicted molar refractivity (Wildman–Crippen MR) is 67.9 cm³/mol. The molecular formula is C13H12ClNO4. The van der Waals surface area contributed by atoms with E-state index in [1.165, 1.54) is 0 Å². The van der Waals surface area contributed by atoms with Gasteiger partial charge in [0.05, 0.1) is 0 Å². The first-order valence-electron chi connectivity index (χ1n) is 6.02. The number of hydrogen-bond donors (Lipinski definition) is 0. The van der Waals surface area contributed by atoms with E-state index >= 15 is 0 Å². The molecule has 1 fully saturated rings. The molecule has 3 atom stereocenters. The molecule has 1 aromatic rings. The molecule has 2 heterocycles. The van der Waals surface area contributed by atoms with Gasteiger partial charge in [-0.25, -0.2) is 0 Å². The van der Waals surface area contributed by atoms with Crippen molar-refractivity contribution >= 4 is 23.3 Å². The molecule has 0 radical (unpaired) electrons. The van der Waals surface area contributed by atoms with Crippen LogP contribution in [0.5, 0.6) is 0 Å². The number of benzene rings is 1. The van der Waals surface area contributed by atoms with Crippen LogP contribution in [0.3, 0.4) is 0 Å². The minimum absolute atomic E-state index is 0.366. The van der Waals surface area contributed by atoms with Gasteiger partial charge in [-0.1, -0.05) is 28.9 Å². The number of hydrogen-bond acceptors (Lipinski definition) is 5. The number of nitrogens with zero attached hydrogens (tertiary/aromatic N) is 1. The summed E-state index contributed by atoms with van der Waals surface area (Å²) in [5.41, 5.74) is 1.36. The first-order valence-corrected chi connectivity index (χ1v) is 6.40. The van der Waals surface area contributed by atoms with Crippen LogP contribution in [0.2, 0.25) is 5.02 Å². The average Bonchev–Trinajstić information content (AvgIpc) is 2.94. The van der Waals surface area contributed by atoms with E-state index in [1.54, 1.807) is 24.3 Å². The van der Waals surface area contributed by atoms with Crippen LogP contribution < -0.4 is 0 Å². The summed E-state index contributed by atoms with van der Waals surface area (Å²) in [6, 6.07) is 7.09. The Kier molecular flexibility index (Phi) is 3.16. The van der Waals surface area contributed by atoms with Crippen molar-refractivity contribution in [3.63, 3.8) is 0 Å². The van der Waals surface area contributed by atoms with E-state index in [-0.39, 0.29) is 5.97 Å². The fraction of sp³-hybridized carbons (Fsp3) is 0.385. The van der Waals surface area contributed by atoms with E-state index in [1.807, 2.05) is 6.92 Å². The molecule has 100 valence electrons. The number of carbonyl (C=O) groups is 1. The zero-order valence-electron chi connectivity index (χ0n) is 10.2. The van der Waals surface area contributed by atoms with E-state index in [0.717, 1.165) is 5.56 Å². The molecule has 1 aromatic carbocycles. The van der Waals surface area contributed by atoms with Gasteiger partial charge in [-0.2, -0.15) is 0 Å². The molecule has 0 unspecified atom stereocenters. The van der Waals surface area contributed by atoms with Crippen molar-refractivity contribution in [1.29, 1.82) is 0 Å². The Morgan fingerprint density at radius 3 is 2.79 bits per heavy atom. The van der Waals surface area contributed by atoms with Gasteiger partial charge in [0.25, 0.3) is 0 Å². The molecule has 19 heavy (non-hydrogen) atoms. The van der Waals surface area contributed by atoms with E-state index in [0.29, 0.717) is 17.3 Å². The number of esters is 1. The summed E-state index contributed by atoms with van der Waals surface area (Å²) in [5.74, 6) is -0.896. The molecule has 0 N–H and O–H groups in total. The number of halogens is 1. The van der Waals surface area contributed by atoms with Gasteiger partial charge in [-0.15, -0.1) is 0 Å². The van der Waals surface area contributed by atoms with Crippen LogP contribution in [0.1, 0.15) is 12.5 Å². The fourth-order valence-corrected chi connectivity index (χ4v) is 2.37. The van der Waals surface area contributed by atoms with Crippen molar-refractivity contribution in [2.24, 2.45) is 11.1 Å². The lowest BCUT2D eigenvalue weighted by atomic mass is 9.94. The number of ether oxygens (including phenoxy) is 2. The van der Waals surface area contributed by atoms with Gasteiger partial charge in [0.2, 0.25) is 12.4 Å². The lowest BCUT2D eigenvalue weighted by Gasteiger charge is -2.13. The molecule has 0 saturated carbocycles. The van der Waals surface area contributed by atoms with Crippen LogP contribution in [0.15, 0.2) is 29.4 Å². The molecule has 2 aliphatic heterocycles. The monoisotopic (exact) mass is 281 g/mol. The molecular weight excluding hydrogens is 270 g/mol. The topological polar surface area (TPSA) is 57.1 Å². The Balaban J connectivity index is 1.86. The van der Waals surface area contributed by atoms with Crippen molar-refractivity contribution in [3.8, 4) is 0 Å². The average molecular weight is 282 g/mol. The molecule has 0 bridgehead atoms. The highest BCUT2D eigenvalue weighted by molar-refractivity contribution is 6.30. The van der Waals surface area contributed by atoms with Gasteiger partial charge in [0, 0.05) is 17.2 Å². The minimum atomic E-state index is -0.684. The lowest BCUT2D eigenvalue weighted by molar-refractivity contribution is -0.177. The van der Waals surface area contributed by atoms with Crippen LogP contribution in [0, 0.1) is 5.92 Å². The molecule has 0 aliphatic carbocycles. The number of cyclic esters (lactones) is 1. The third kappa shape index (κ3) is 2.09. The Hall–Kier alpha value is -1.59. The van der Waals surface area contributed by atoms with Crippen LogP contribution in [-0.4, -0.2) is 30.7 Å². The van der Waals surface area contributed by atoms with Crippen molar-refractivity contribution in [1.82, 2.24) is 0 Å². The van der Waals surface area contributed by atoms with Crippen LogP contribution in [0.25, 0.3) is 0 Å². The fourth-order valence-electron chi connectivity index (χ4n) is 2.24. The second kappa shape index (κ2) is 4.83. The summed E-state index contributed by atoms with van der Waals surface area (Å²) >= 11 is 5.84. The summed E-state index contributed by atoms with van der Waals surface area (Å²) in [6.45, 7) is 2.28. The molecule has 3 rings (SSSR count). The van der Waals surface area contributed by atoms with Crippen LogP contribution >= 0.6 is 11.6 Å². The molecule has 0 spiro atoms. The van der Waals surface area contributed by atoms with Gasteiger partial charge < -0.3 is 14.3 Å². The standard InChI is InChI=1S/C13H12ClNO4/c1-2-17-13-11-9(12(16)18-13)10(15-19-11)7-3-5-8(14)6-4-7/h3-6,9,11,13H,2H2,1H3/t9-,11+,13+/m1/s1. The van der Waals surface area contributed by atoms with Gasteiger partial charge in [-0.05, 0) is 19.1 Å². The first-order chi connectivity index (χ1) is 9.20. The number of carbonyl (C=O) groups excluding carboxylic acids is 1. The Morgan fingerprint density at radius 2 is 2.11 bits per heavy atom. The van der Waals surface area contributed by atoms with E-state index in [9.17, 15) is 4.79 Å². The maximum atomic E-state index is 11.9. The van der Waals surface area contributed by atoms with Crippen molar-refractivity contribution in [2.45, 2.75) is 19.3 Å². The Labute approximate surface area is 115 Å². The second-order valence-electron chi connectivity index (χ2n) is 4.29. The smallest absolute Gasteiger partial charge is 0.321 e. The maximum absolute atomic E-state index is 11.9. The van der Waals surface area contributed by atoms with Crippen LogP contribution in [-0.2, 0) is 19.1 Å². The third-order valence-corrected chi connectivity index (χ3v) is 3.37. The Bertz CT molecular complexity index is 528. The highest BCUT2D eigenvalue weighted by Gasteiger charge is 2.54. The van der Waals surface area contributed by atoms with Gasteiger partial charge in [-0.3, -0.25) is 4.79 Å². The third-order valence-electron chi connectivity index (χ3n) is 3.12. The normalized spacial score (nSPS) is 28.6. The summed E-state index contributed by atoms with van der Waals surface area (Å²) in [5, 5.41) is 4.62. The summed E-state index contributed by atoms with van der Waals surface area (Å²) in [6.07, 6.45) is -1.19. The molecule has 2 aliphatic rings. The van der Waals surface area contributed by atoms with Crippen molar-refractivity contribution in [2.75, 3.05) is 6.61 Å². The van der Waals surface area contributed by atoms with Crippen LogP contribution in [0.4, 0.5) is 0 Å². The number of oxime groups is 1. The minimum Gasteiger partial charge on any atom is -0.431 e. The van der Waals surface area contributed by atoms with E-state index in [4.69, 9.17) is 25.9 Å². The number of rotatable bonds is 3. The predicted octanol–water partition coefficient (Wildman–Crippen LogP) is 1.98. The molecule has 0 aromatic heterocycles. The Morgan fingerprint density at radius 1 is 1.37 bits per heavy atom. The van der Waals surface area contributed by atoms with Gasteiger partial charge >= 0.3 is 5.97 Å². The molecule has 6 heteroatoms. The first kappa shape index (κ1) is 12.4. The van der Waals surface area contributed by atoms with E-state index < -0.39 is 18.3 Å². The largest absolute Gasteiger partial charge is 0.431 e. The van der Waals surface area contributed by atoms with Crippen molar-refractivity contribution in [3.05, 3.63) is 34.9 Å². The summed E-state index contributed by atoms with van der Waals surface area (Å²) in [4.78, 5) is 17.2. The SMILES string of the molecule is CCO[C@H]1OC(=O)[C@@H]2C(c3ccc(Cl)cc3)=NO[C@H]12.